The lowest BCUT2D eigenvalue weighted by molar-refractivity contribution is -0.123. The summed E-state index contributed by atoms with van der Waals surface area (Å²) < 4.78 is 5.70. The molecule has 1 fully saturated rings. The number of benzene rings is 2. The van der Waals surface area contributed by atoms with E-state index in [2.05, 4.69) is 5.43 Å². The van der Waals surface area contributed by atoms with Gasteiger partial charge in [-0.3, -0.25) is 15.0 Å². The number of thiocarbonyl (C=S) groups is 1. The van der Waals surface area contributed by atoms with E-state index in [1.807, 2.05) is 50.2 Å². The highest BCUT2D eigenvalue weighted by Gasteiger charge is 2.33. The molecule has 3 rings (SSSR count). The highest BCUT2D eigenvalue weighted by atomic mass is 32.2. The second-order valence-corrected chi connectivity index (χ2v) is 7.45. The molecule has 7 heteroatoms. The van der Waals surface area contributed by atoms with Crippen molar-refractivity contribution >= 4 is 46.2 Å². The number of carbonyl (C=O) groups is 2. The summed E-state index contributed by atoms with van der Waals surface area (Å²) in [5.41, 5.74) is 4.78. The summed E-state index contributed by atoms with van der Waals surface area (Å²) in [5, 5.41) is 1.12. The molecule has 2 aromatic rings. The molecule has 0 spiro atoms. The predicted molar refractivity (Wildman–Crippen MR) is 111 cm³/mol. The van der Waals surface area contributed by atoms with E-state index < -0.39 is 0 Å². The van der Waals surface area contributed by atoms with Crippen LogP contribution in [0.15, 0.2) is 53.4 Å². The van der Waals surface area contributed by atoms with E-state index in [0.29, 0.717) is 21.4 Å². The lowest BCUT2D eigenvalue weighted by Gasteiger charge is -2.16. The lowest BCUT2D eigenvalue weighted by Crippen LogP contribution is -2.45. The van der Waals surface area contributed by atoms with E-state index in [0.717, 1.165) is 33.6 Å². The summed E-state index contributed by atoms with van der Waals surface area (Å²) in [6.07, 6.45) is 1.74. The molecule has 0 unspecified atom stereocenters. The van der Waals surface area contributed by atoms with E-state index in [-0.39, 0.29) is 11.8 Å². The molecule has 27 heavy (non-hydrogen) atoms. The minimum Gasteiger partial charge on any atom is -0.494 e. The van der Waals surface area contributed by atoms with Crippen LogP contribution in [-0.4, -0.2) is 27.8 Å². The Morgan fingerprint density at radius 3 is 2.59 bits per heavy atom. The van der Waals surface area contributed by atoms with Crippen molar-refractivity contribution in [3.8, 4) is 5.75 Å². The summed E-state index contributed by atoms with van der Waals surface area (Å²) in [6, 6.07) is 14.6. The van der Waals surface area contributed by atoms with E-state index >= 15 is 0 Å². The zero-order valence-corrected chi connectivity index (χ0v) is 16.5. The molecule has 1 saturated heterocycles. The Hall–Kier alpha value is -2.64. The zero-order valence-electron chi connectivity index (χ0n) is 14.9. The quantitative estimate of drug-likeness (QED) is 0.611. The van der Waals surface area contributed by atoms with E-state index in [4.69, 9.17) is 17.0 Å². The molecule has 0 bridgehead atoms. The zero-order chi connectivity index (χ0) is 19.4. The van der Waals surface area contributed by atoms with Crippen molar-refractivity contribution in [1.29, 1.82) is 0 Å². The number of nitrogens with one attached hydrogen (secondary N) is 1. The Balaban J connectivity index is 1.74. The summed E-state index contributed by atoms with van der Waals surface area (Å²) >= 11 is 6.42. The number of thioether (sulfide) groups is 1. The average molecular weight is 399 g/mol. The molecule has 2 aromatic carbocycles. The molecule has 0 saturated carbocycles. The minimum absolute atomic E-state index is 0.291. The molecule has 2 amide bonds. The van der Waals surface area contributed by atoms with Gasteiger partial charge >= 0.3 is 0 Å². The first-order chi connectivity index (χ1) is 13.0. The molecule has 0 atom stereocenters. The van der Waals surface area contributed by atoms with Crippen LogP contribution >= 0.6 is 24.0 Å². The van der Waals surface area contributed by atoms with Gasteiger partial charge in [0.1, 0.15) is 5.75 Å². The number of hydrogen-bond donors (Lipinski definition) is 1. The van der Waals surface area contributed by atoms with Crippen LogP contribution in [0.2, 0.25) is 0 Å². The molecule has 0 aromatic heterocycles. The number of hydrazine groups is 1. The molecular formula is C20H18N2O3S2. The van der Waals surface area contributed by atoms with Crippen molar-refractivity contribution in [3.63, 3.8) is 0 Å². The molecule has 0 aliphatic carbocycles. The first kappa shape index (κ1) is 19.1. The Kier molecular flexibility index (Phi) is 5.93. The lowest BCUT2D eigenvalue weighted by atomic mass is 10.1. The number of hydrogen-bond acceptors (Lipinski definition) is 5. The van der Waals surface area contributed by atoms with E-state index in [1.165, 1.54) is 0 Å². The van der Waals surface area contributed by atoms with E-state index in [9.17, 15) is 9.59 Å². The van der Waals surface area contributed by atoms with Crippen molar-refractivity contribution in [1.82, 2.24) is 10.4 Å². The minimum atomic E-state index is -0.369. The number of nitrogens with zero attached hydrogens (tertiary/aromatic N) is 1. The topological polar surface area (TPSA) is 58.6 Å². The van der Waals surface area contributed by atoms with Crippen LogP contribution in [-0.2, 0) is 4.79 Å². The number of amides is 2. The highest BCUT2D eigenvalue weighted by molar-refractivity contribution is 8.26. The normalized spacial score (nSPS) is 15.3. The largest absolute Gasteiger partial charge is 0.494 e. The van der Waals surface area contributed by atoms with Gasteiger partial charge in [0.05, 0.1) is 11.5 Å². The Bertz CT molecular complexity index is 923. The van der Waals surface area contributed by atoms with Crippen molar-refractivity contribution < 1.29 is 14.3 Å². The summed E-state index contributed by atoms with van der Waals surface area (Å²) in [5.74, 6) is 0.0558. The predicted octanol–water partition coefficient (Wildman–Crippen LogP) is 3.94. The number of aryl methyl sites for hydroxylation is 1. The summed E-state index contributed by atoms with van der Waals surface area (Å²) in [7, 11) is 0. The van der Waals surface area contributed by atoms with Gasteiger partial charge in [0.15, 0.2) is 4.32 Å². The van der Waals surface area contributed by atoms with E-state index in [1.54, 1.807) is 18.2 Å². The van der Waals surface area contributed by atoms with Crippen molar-refractivity contribution in [2.45, 2.75) is 13.8 Å². The smallest absolute Gasteiger partial charge is 0.285 e. The van der Waals surface area contributed by atoms with Crippen LogP contribution in [0.3, 0.4) is 0 Å². The molecule has 138 valence electrons. The van der Waals surface area contributed by atoms with Crippen molar-refractivity contribution in [2.24, 2.45) is 0 Å². The number of rotatable bonds is 5. The Morgan fingerprint density at radius 1 is 1.22 bits per heavy atom. The maximum absolute atomic E-state index is 12.7. The van der Waals surface area contributed by atoms with Gasteiger partial charge in [-0.25, -0.2) is 0 Å². The van der Waals surface area contributed by atoms with Crippen LogP contribution in [0, 0.1) is 6.92 Å². The van der Waals surface area contributed by atoms with Gasteiger partial charge in [-0.15, -0.1) is 0 Å². The number of carbonyl (C=O) groups excluding carboxylic acids is 2. The van der Waals surface area contributed by atoms with Gasteiger partial charge in [-0.2, -0.15) is 5.01 Å². The molecule has 0 radical (unpaired) electrons. The Morgan fingerprint density at radius 2 is 1.93 bits per heavy atom. The summed E-state index contributed by atoms with van der Waals surface area (Å²) in [4.78, 5) is 25.6. The fourth-order valence-corrected chi connectivity index (χ4v) is 3.71. The van der Waals surface area contributed by atoms with Gasteiger partial charge in [-0.1, -0.05) is 42.1 Å². The van der Waals surface area contributed by atoms with Crippen LogP contribution in [0.1, 0.15) is 28.4 Å². The second kappa shape index (κ2) is 8.37. The highest BCUT2D eigenvalue weighted by Crippen LogP contribution is 2.31. The first-order valence-electron chi connectivity index (χ1n) is 8.37. The van der Waals surface area contributed by atoms with Crippen LogP contribution in [0.4, 0.5) is 0 Å². The molecule has 1 heterocycles. The third-order valence-corrected chi connectivity index (χ3v) is 5.19. The fourth-order valence-electron chi connectivity index (χ4n) is 2.53. The van der Waals surface area contributed by atoms with Gasteiger partial charge in [0, 0.05) is 5.56 Å². The maximum atomic E-state index is 12.7. The SMILES string of the molecule is CCOc1ccc(/C=C2\SC(=S)N(NC(=O)c3ccccc3C)C2=O)cc1. The molecule has 1 aliphatic heterocycles. The second-order valence-electron chi connectivity index (χ2n) is 5.78. The van der Waals surface area contributed by atoms with Crippen LogP contribution < -0.4 is 10.2 Å². The Labute approximate surface area is 167 Å². The molecular weight excluding hydrogens is 380 g/mol. The molecule has 1 aliphatic rings. The maximum Gasteiger partial charge on any atom is 0.285 e. The molecule has 1 N–H and O–H groups in total. The number of ether oxygens (including phenoxy) is 1. The van der Waals surface area contributed by atoms with Crippen molar-refractivity contribution in [2.75, 3.05) is 6.61 Å². The standard InChI is InChI=1S/C20H18N2O3S2/c1-3-25-15-10-8-14(9-11-15)12-17-19(24)22(20(26)27-17)21-18(23)16-7-5-4-6-13(16)2/h4-12H,3H2,1-2H3,(H,21,23)/b17-12-. The van der Waals surface area contributed by atoms with Gasteiger partial charge in [0.25, 0.3) is 11.8 Å². The monoisotopic (exact) mass is 398 g/mol. The third kappa shape index (κ3) is 4.37. The summed E-state index contributed by atoms with van der Waals surface area (Å²) in [6.45, 7) is 4.36. The van der Waals surface area contributed by atoms with Gasteiger partial charge in [0.2, 0.25) is 0 Å². The van der Waals surface area contributed by atoms with Crippen LogP contribution in [0.25, 0.3) is 6.08 Å². The first-order valence-corrected chi connectivity index (χ1v) is 9.59. The third-order valence-electron chi connectivity index (χ3n) is 3.89. The fraction of sp³-hybridized carbons (Fsp3) is 0.150. The molecule has 5 nitrogen and oxygen atoms in total. The average Bonchev–Trinajstić information content (AvgIpc) is 2.91. The van der Waals surface area contributed by atoms with Gasteiger partial charge < -0.3 is 4.74 Å². The van der Waals surface area contributed by atoms with Crippen LogP contribution in [0.5, 0.6) is 5.75 Å². The van der Waals surface area contributed by atoms with Crippen molar-refractivity contribution in [3.05, 3.63) is 70.1 Å². The van der Waals surface area contributed by atoms with Gasteiger partial charge in [-0.05, 0) is 61.5 Å².